The number of hydrogen-bond acceptors (Lipinski definition) is 4. The van der Waals surface area contributed by atoms with Gasteiger partial charge < -0.3 is 24.4 Å². The lowest BCUT2D eigenvalue weighted by Crippen LogP contribution is -2.28. The third-order valence-corrected chi connectivity index (χ3v) is 6.14. The van der Waals surface area contributed by atoms with Gasteiger partial charge in [0, 0.05) is 7.11 Å². The molecule has 2 aliphatic carbocycles. The maximum Gasteiger partial charge on any atom is 0.104 e. The Morgan fingerprint density at radius 1 is 0.857 bits per heavy atom. The summed E-state index contributed by atoms with van der Waals surface area (Å²) in [6.45, 7) is 8.54. The van der Waals surface area contributed by atoms with Gasteiger partial charge in [0.1, 0.15) is 6.10 Å². The molecule has 2 N–H and O–H groups in total. The van der Waals surface area contributed by atoms with Gasteiger partial charge >= 0.3 is 0 Å². The molecule has 3 fully saturated rings. The Morgan fingerprint density at radius 3 is 1.75 bits per heavy atom. The molecule has 0 spiro atoms. The highest BCUT2D eigenvalue weighted by Gasteiger charge is 2.29. The SMILES string of the molecule is C.CC.COC(C)COC1CCC(CC2CCC(OCC3CO3)CC2)CC1.O. The molecule has 0 bridgehead atoms. The molecule has 28 heavy (non-hydrogen) atoms. The van der Waals surface area contributed by atoms with E-state index in [-0.39, 0.29) is 19.0 Å². The zero-order valence-corrected chi connectivity index (χ0v) is 18.1. The van der Waals surface area contributed by atoms with Crippen LogP contribution in [-0.4, -0.2) is 56.8 Å². The van der Waals surface area contributed by atoms with E-state index < -0.39 is 0 Å². The fourth-order valence-corrected chi connectivity index (χ4v) is 4.29. The number of hydrogen-bond donors (Lipinski definition) is 0. The van der Waals surface area contributed by atoms with E-state index in [9.17, 15) is 0 Å². The van der Waals surface area contributed by atoms with Crippen LogP contribution in [0.25, 0.3) is 0 Å². The van der Waals surface area contributed by atoms with Crippen LogP contribution < -0.4 is 0 Å². The summed E-state index contributed by atoms with van der Waals surface area (Å²) in [7, 11) is 1.75. The Morgan fingerprint density at radius 2 is 1.32 bits per heavy atom. The summed E-state index contributed by atoms with van der Waals surface area (Å²) in [6, 6.07) is 0. The molecule has 3 rings (SSSR count). The first-order valence-electron chi connectivity index (χ1n) is 11.1. The summed E-state index contributed by atoms with van der Waals surface area (Å²) in [5.41, 5.74) is 0. The largest absolute Gasteiger partial charge is 0.412 e. The molecule has 170 valence electrons. The zero-order valence-electron chi connectivity index (χ0n) is 18.1. The first kappa shape index (κ1) is 27.8. The first-order valence-corrected chi connectivity index (χ1v) is 11.1. The average Bonchev–Trinajstić information content (AvgIpc) is 3.53. The molecule has 0 amide bonds. The number of epoxide rings is 1. The molecule has 3 aliphatic rings. The maximum atomic E-state index is 5.99. The molecule has 5 nitrogen and oxygen atoms in total. The van der Waals surface area contributed by atoms with Crippen LogP contribution >= 0.6 is 0 Å². The Bertz CT molecular complexity index is 345. The average molecular weight is 405 g/mol. The third-order valence-electron chi connectivity index (χ3n) is 6.14. The number of methoxy groups -OCH3 is 1. The van der Waals surface area contributed by atoms with Crippen LogP contribution in [0, 0.1) is 11.8 Å². The lowest BCUT2D eigenvalue weighted by atomic mass is 9.76. The normalized spacial score (nSPS) is 32.8. The molecule has 1 heterocycles. The molecule has 1 saturated heterocycles. The molecule has 0 aromatic carbocycles. The second-order valence-electron chi connectivity index (χ2n) is 8.19. The van der Waals surface area contributed by atoms with Crippen LogP contribution in [-0.2, 0) is 18.9 Å². The van der Waals surface area contributed by atoms with E-state index in [2.05, 4.69) is 6.92 Å². The van der Waals surface area contributed by atoms with Crippen LogP contribution in [0.15, 0.2) is 0 Å². The van der Waals surface area contributed by atoms with Gasteiger partial charge in [-0.25, -0.2) is 0 Å². The van der Waals surface area contributed by atoms with E-state index in [1.165, 1.54) is 57.8 Å². The third kappa shape index (κ3) is 10.5. The van der Waals surface area contributed by atoms with E-state index in [0.29, 0.717) is 18.3 Å². The van der Waals surface area contributed by atoms with Gasteiger partial charge in [-0.2, -0.15) is 0 Å². The van der Waals surface area contributed by atoms with Crippen molar-refractivity contribution in [3.8, 4) is 0 Å². The monoisotopic (exact) mass is 404 g/mol. The van der Waals surface area contributed by atoms with Crippen molar-refractivity contribution in [1.29, 1.82) is 0 Å². The van der Waals surface area contributed by atoms with Gasteiger partial charge in [0.2, 0.25) is 0 Å². The van der Waals surface area contributed by atoms with Crippen molar-refractivity contribution >= 4 is 0 Å². The summed E-state index contributed by atoms with van der Waals surface area (Å²) in [5, 5.41) is 0. The molecule has 2 saturated carbocycles. The Kier molecular flexibility index (Phi) is 15.5. The van der Waals surface area contributed by atoms with Crippen molar-refractivity contribution in [1.82, 2.24) is 0 Å². The van der Waals surface area contributed by atoms with Crippen LogP contribution in [0.2, 0.25) is 0 Å². The predicted molar refractivity (Wildman–Crippen MR) is 116 cm³/mol. The van der Waals surface area contributed by atoms with Crippen molar-refractivity contribution < 1.29 is 24.4 Å². The molecule has 0 aromatic rings. The van der Waals surface area contributed by atoms with E-state index in [1.807, 2.05) is 13.8 Å². The smallest absolute Gasteiger partial charge is 0.104 e. The van der Waals surface area contributed by atoms with Crippen molar-refractivity contribution in [3.63, 3.8) is 0 Å². The van der Waals surface area contributed by atoms with Gasteiger partial charge in [-0.3, -0.25) is 0 Å². The van der Waals surface area contributed by atoms with E-state index in [4.69, 9.17) is 18.9 Å². The van der Waals surface area contributed by atoms with Gasteiger partial charge in [0.25, 0.3) is 0 Å². The Balaban J connectivity index is 0.00000177. The van der Waals surface area contributed by atoms with Crippen molar-refractivity contribution in [2.24, 2.45) is 11.8 Å². The number of ether oxygens (including phenoxy) is 4. The summed E-state index contributed by atoms with van der Waals surface area (Å²) in [5.74, 6) is 1.85. The highest BCUT2D eigenvalue weighted by atomic mass is 16.6. The lowest BCUT2D eigenvalue weighted by Gasteiger charge is -2.34. The minimum Gasteiger partial charge on any atom is -0.412 e. The van der Waals surface area contributed by atoms with Gasteiger partial charge in [-0.05, 0) is 76.5 Å². The first-order chi connectivity index (χ1) is 12.7. The summed E-state index contributed by atoms with van der Waals surface area (Å²) >= 11 is 0. The maximum absolute atomic E-state index is 5.99. The molecule has 2 unspecified atom stereocenters. The molecular formula is C23H48O5. The molecule has 5 heteroatoms. The standard InChI is InChI=1S/C20H36O4.C2H6.CH4.H2O/c1-15(21-2)12-22-18-7-3-16(4-8-18)11-17-5-9-19(10-6-17)23-13-20-14-24-20;1-2;;/h15-20H,3-14H2,1-2H3;1-2H3;1H4;1H2. The molecule has 2 atom stereocenters. The molecule has 0 aromatic heterocycles. The highest BCUT2D eigenvalue weighted by molar-refractivity contribution is 4.80. The van der Waals surface area contributed by atoms with E-state index in [0.717, 1.165) is 31.7 Å². The fourth-order valence-electron chi connectivity index (χ4n) is 4.29. The van der Waals surface area contributed by atoms with Gasteiger partial charge in [0.05, 0.1) is 38.1 Å². The second-order valence-corrected chi connectivity index (χ2v) is 8.19. The zero-order chi connectivity index (χ0) is 18.8. The predicted octanol–water partition coefficient (Wildman–Crippen LogP) is 4.80. The van der Waals surface area contributed by atoms with Crippen molar-refractivity contribution in [3.05, 3.63) is 0 Å². The minimum atomic E-state index is 0. The Hall–Kier alpha value is -0.200. The molecular weight excluding hydrogens is 356 g/mol. The van der Waals surface area contributed by atoms with Gasteiger partial charge in [0.15, 0.2) is 0 Å². The Labute approximate surface area is 174 Å². The van der Waals surface area contributed by atoms with Gasteiger partial charge in [-0.1, -0.05) is 21.3 Å². The topological polar surface area (TPSA) is 71.7 Å². The van der Waals surface area contributed by atoms with Gasteiger partial charge in [-0.15, -0.1) is 0 Å². The summed E-state index contributed by atoms with van der Waals surface area (Å²) < 4.78 is 22.4. The van der Waals surface area contributed by atoms with Crippen LogP contribution in [0.5, 0.6) is 0 Å². The highest BCUT2D eigenvalue weighted by Crippen LogP contribution is 2.36. The van der Waals surface area contributed by atoms with Crippen LogP contribution in [0.4, 0.5) is 0 Å². The number of rotatable bonds is 9. The molecule has 0 radical (unpaired) electrons. The minimum absolute atomic E-state index is 0. The quantitative estimate of drug-likeness (QED) is 0.518. The summed E-state index contributed by atoms with van der Waals surface area (Å²) in [4.78, 5) is 0. The fraction of sp³-hybridized carbons (Fsp3) is 1.00. The van der Waals surface area contributed by atoms with Crippen LogP contribution in [0.1, 0.15) is 86.0 Å². The van der Waals surface area contributed by atoms with E-state index in [1.54, 1.807) is 7.11 Å². The van der Waals surface area contributed by atoms with Crippen molar-refractivity contribution in [2.75, 3.05) is 26.9 Å². The van der Waals surface area contributed by atoms with E-state index >= 15 is 0 Å². The second kappa shape index (κ2) is 15.6. The molecule has 1 aliphatic heterocycles. The van der Waals surface area contributed by atoms with Crippen LogP contribution in [0.3, 0.4) is 0 Å². The van der Waals surface area contributed by atoms with Crippen molar-refractivity contribution in [2.45, 2.75) is 110 Å². The lowest BCUT2D eigenvalue weighted by molar-refractivity contribution is -0.0392. The summed E-state index contributed by atoms with van der Waals surface area (Å²) in [6.07, 6.45) is 13.4.